The Bertz CT molecular complexity index is 1330. The van der Waals surface area contributed by atoms with Crippen molar-refractivity contribution in [3.05, 3.63) is 99.5 Å². The molecule has 4 rings (SSSR count). The van der Waals surface area contributed by atoms with Crippen LogP contribution in [0.3, 0.4) is 0 Å². The fourth-order valence-electron chi connectivity index (χ4n) is 3.66. The van der Waals surface area contributed by atoms with Crippen molar-refractivity contribution in [2.75, 3.05) is 17.3 Å². The summed E-state index contributed by atoms with van der Waals surface area (Å²) in [6.45, 7) is 1.95. The molecule has 0 bridgehead atoms. The van der Waals surface area contributed by atoms with E-state index >= 15 is 0 Å². The summed E-state index contributed by atoms with van der Waals surface area (Å²) < 4.78 is 5.23. The van der Waals surface area contributed by atoms with E-state index in [9.17, 15) is 14.9 Å². The van der Waals surface area contributed by atoms with Crippen LogP contribution in [0, 0.1) is 18.3 Å². The standard InChI is InChI=1S/C27H22ClN3O3S/c1-17-6-8-20(9-7-17)30-25(32)23(16-29)27-31(21-10-12-22(34-2)13-11-21)26(33)24(35-27)15-18-4-3-5-19(28)14-18/h3-14,24H,15H2,1-2H3,(H,30,32)/b27-23-. The summed E-state index contributed by atoms with van der Waals surface area (Å²) in [7, 11) is 1.56. The van der Waals surface area contributed by atoms with Crippen LogP contribution in [-0.4, -0.2) is 24.2 Å². The highest BCUT2D eigenvalue weighted by Gasteiger charge is 2.40. The molecule has 6 nitrogen and oxygen atoms in total. The SMILES string of the molecule is COc1ccc(N2C(=O)C(Cc3cccc(Cl)c3)S/C2=C(/C#N)C(=O)Nc2ccc(C)cc2)cc1. The first-order chi connectivity index (χ1) is 16.9. The molecule has 1 aliphatic heterocycles. The molecule has 0 aliphatic carbocycles. The second kappa shape index (κ2) is 10.7. The number of anilines is 2. The van der Waals surface area contributed by atoms with Gasteiger partial charge in [-0.05, 0) is 67.4 Å². The van der Waals surface area contributed by atoms with Crippen LogP contribution < -0.4 is 15.0 Å². The summed E-state index contributed by atoms with van der Waals surface area (Å²) in [6.07, 6.45) is 0.401. The second-order valence-corrected chi connectivity index (χ2v) is 9.55. The van der Waals surface area contributed by atoms with Gasteiger partial charge in [0.2, 0.25) is 5.91 Å². The smallest absolute Gasteiger partial charge is 0.269 e. The number of rotatable bonds is 6. The number of halogens is 1. The molecule has 1 fully saturated rings. The van der Waals surface area contributed by atoms with Crippen LogP contribution in [0.2, 0.25) is 5.02 Å². The highest BCUT2D eigenvalue weighted by molar-refractivity contribution is 8.05. The Hall–Kier alpha value is -3.73. The van der Waals surface area contributed by atoms with E-state index in [1.54, 1.807) is 49.6 Å². The quantitative estimate of drug-likeness (QED) is 0.343. The number of hydrogen-bond donors (Lipinski definition) is 1. The van der Waals surface area contributed by atoms with Gasteiger partial charge in [0, 0.05) is 16.4 Å². The van der Waals surface area contributed by atoms with Crippen LogP contribution in [0.5, 0.6) is 5.75 Å². The van der Waals surface area contributed by atoms with Crippen molar-refractivity contribution in [1.29, 1.82) is 5.26 Å². The number of amides is 2. The molecule has 1 aliphatic rings. The lowest BCUT2D eigenvalue weighted by atomic mass is 10.1. The van der Waals surface area contributed by atoms with Gasteiger partial charge in [0.15, 0.2) is 0 Å². The van der Waals surface area contributed by atoms with E-state index in [0.29, 0.717) is 33.6 Å². The molecule has 0 aromatic heterocycles. The van der Waals surface area contributed by atoms with E-state index < -0.39 is 11.2 Å². The molecule has 1 unspecified atom stereocenters. The minimum Gasteiger partial charge on any atom is -0.497 e. The zero-order valence-corrected chi connectivity index (χ0v) is 20.7. The molecule has 1 atom stereocenters. The molecule has 8 heteroatoms. The summed E-state index contributed by atoms with van der Waals surface area (Å²) in [5, 5.41) is 13.1. The van der Waals surface area contributed by atoms with Crippen LogP contribution in [0.1, 0.15) is 11.1 Å². The number of thioether (sulfide) groups is 1. The molecule has 0 spiro atoms. The Morgan fingerprint density at radius 2 is 1.86 bits per heavy atom. The molecular formula is C27H22ClN3O3S. The zero-order chi connectivity index (χ0) is 24.9. The Labute approximate surface area is 213 Å². The first-order valence-electron chi connectivity index (χ1n) is 10.8. The van der Waals surface area contributed by atoms with E-state index in [1.807, 2.05) is 43.3 Å². The summed E-state index contributed by atoms with van der Waals surface area (Å²) in [5.74, 6) is -0.161. The minimum atomic E-state index is -0.575. The Morgan fingerprint density at radius 1 is 1.14 bits per heavy atom. The van der Waals surface area contributed by atoms with Gasteiger partial charge in [0.25, 0.3) is 5.91 Å². The van der Waals surface area contributed by atoms with Gasteiger partial charge in [0.05, 0.1) is 12.4 Å². The molecule has 3 aromatic rings. The Balaban J connectivity index is 1.72. The molecule has 1 heterocycles. The molecule has 176 valence electrons. The molecule has 0 radical (unpaired) electrons. The van der Waals surface area contributed by atoms with Crippen molar-refractivity contribution in [3.8, 4) is 11.8 Å². The molecule has 2 amide bonds. The number of nitrogens with zero attached hydrogens (tertiary/aromatic N) is 2. The minimum absolute atomic E-state index is 0.131. The van der Waals surface area contributed by atoms with Crippen molar-refractivity contribution in [2.45, 2.75) is 18.6 Å². The lowest BCUT2D eigenvalue weighted by molar-refractivity contribution is -0.117. The van der Waals surface area contributed by atoms with Gasteiger partial charge >= 0.3 is 0 Å². The number of methoxy groups -OCH3 is 1. The summed E-state index contributed by atoms with van der Waals surface area (Å²) in [4.78, 5) is 28.1. The fraction of sp³-hybridized carbons (Fsp3) is 0.148. The second-order valence-electron chi connectivity index (χ2n) is 7.92. The van der Waals surface area contributed by atoms with Crippen molar-refractivity contribution in [2.24, 2.45) is 0 Å². The zero-order valence-electron chi connectivity index (χ0n) is 19.1. The van der Waals surface area contributed by atoms with Crippen LogP contribution in [0.25, 0.3) is 0 Å². The Morgan fingerprint density at radius 3 is 2.49 bits per heavy atom. The highest BCUT2D eigenvalue weighted by Crippen LogP contribution is 2.42. The largest absolute Gasteiger partial charge is 0.497 e. The molecule has 35 heavy (non-hydrogen) atoms. The number of nitriles is 1. The fourth-order valence-corrected chi connectivity index (χ4v) is 5.18. The maximum Gasteiger partial charge on any atom is 0.269 e. The molecule has 1 saturated heterocycles. The summed E-state index contributed by atoms with van der Waals surface area (Å²) in [5.41, 5.74) is 2.92. The summed E-state index contributed by atoms with van der Waals surface area (Å²) in [6, 6.07) is 23.5. The number of benzene rings is 3. The van der Waals surface area contributed by atoms with Crippen LogP contribution in [-0.2, 0) is 16.0 Å². The van der Waals surface area contributed by atoms with Gasteiger partial charge in [0.1, 0.15) is 22.4 Å². The first kappa shape index (κ1) is 24.4. The number of ether oxygens (including phenoxy) is 1. The van der Waals surface area contributed by atoms with Crippen LogP contribution in [0.15, 0.2) is 83.4 Å². The number of hydrogen-bond acceptors (Lipinski definition) is 5. The topological polar surface area (TPSA) is 82.4 Å². The summed E-state index contributed by atoms with van der Waals surface area (Å²) >= 11 is 7.34. The van der Waals surface area contributed by atoms with Gasteiger partial charge in [-0.25, -0.2) is 0 Å². The predicted molar refractivity (Wildman–Crippen MR) is 139 cm³/mol. The number of carbonyl (C=O) groups is 2. The normalized spacial score (nSPS) is 16.6. The van der Waals surface area contributed by atoms with E-state index in [1.165, 1.54) is 16.7 Å². The number of nitrogens with one attached hydrogen (secondary N) is 1. The monoisotopic (exact) mass is 503 g/mol. The lowest BCUT2D eigenvalue weighted by Crippen LogP contribution is -2.30. The molecular weight excluding hydrogens is 482 g/mol. The molecule has 0 saturated carbocycles. The van der Waals surface area contributed by atoms with Gasteiger partial charge in [-0.1, -0.05) is 53.2 Å². The van der Waals surface area contributed by atoms with Gasteiger partial charge in [-0.2, -0.15) is 5.26 Å². The van der Waals surface area contributed by atoms with Crippen LogP contribution in [0.4, 0.5) is 11.4 Å². The average Bonchev–Trinajstić information content (AvgIpc) is 3.16. The third-order valence-electron chi connectivity index (χ3n) is 5.46. The van der Waals surface area contributed by atoms with Crippen molar-refractivity contribution in [3.63, 3.8) is 0 Å². The number of aryl methyl sites for hydroxylation is 1. The maximum absolute atomic E-state index is 13.6. The third kappa shape index (κ3) is 5.51. The van der Waals surface area contributed by atoms with Crippen molar-refractivity contribution < 1.29 is 14.3 Å². The number of carbonyl (C=O) groups excluding carboxylic acids is 2. The third-order valence-corrected chi connectivity index (χ3v) is 6.95. The van der Waals surface area contributed by atoms with E-state index in [0.717, 1.165) is 11.1 Å². The van der Waals surface area contributed by atoms with E-state index in [4.69, 9.17) is 16.3 Å². The van der Waals surface area contributed by atoms with E-state index in [-0.39, 0.29) is 11.5 Å². The van der Waals surface area contributed by atoms with Crippen molar-refractivity contribution in [1.82, 2.24) is 0 Å². The highest BCUT2D eigenvalue weighted by atomic mass is 35.5. The predicted octanol–water partition coefficient (Wildman–Crippen LogP) is 5.72. The molecule has 3 aromatic carbocycles. The first-order valence-corrected chi connectivity index (χ1v) is 12.1. The van der Waals surface area contributed by atoms with Gasteiger partial charge in [-0.3, -0.25) is 14.5 Å². The van der Waals surface area contributed by atoms with Crippen molar-refractivity contribution >= 4 is 46.6 Å². The maximum atomic E-state index is 13.6. The van der Waals surface area contributed by atoms with Crippen LogP contribution >= 0.6 is 23.4 Å². The van der Waals surface area contributed by atoms with Gasteiger partial charge in [-0.15, -0.1) is 0 Å². The Kier molecular flexibility index (Phi) is 7.45. The lowest BCUT2D eigenvalue weighted by Gasteiger charge is -2.19. The van der Waals surface area contributed by atoms with Gasteiger partial charge < -0.3 is 10.1 Å². The van der Waals surface area contributed by atoms with E-state index in [2.05, 4.69) is 5.32 Å². The molecule has 1 N–H and O–H groups in total. The average molecular weight is 504 g/mol.